The fraction of sp³-hybridized carbons (Fsp3) is 0.231. The summed E-state index contributed by atoms with van der Waals surface area (Å²) in [6.45, 7) is 2.72. The van der Waals surface area contributed by atoms with Gasteiger partial charge < -0.3 is 19.3 Å². The number of benzene rings is 2. The molecule has 8 heteroatoms. The van der Waals surface area contributed by atoms with E-state index < -0.39 is 18.4 Å². The Morgan fingerprint density at radius 3 is 2.43 bits per heavy atom. The van der Waals surface area contributed by atoms with Gasteiger partial charge in [0.2, 0.25) is 0 Å². The lowest BCUT2D eigenvalue weighted by Gasteiger charge is -2.04. The Bertz CT molecular complexity index is 581. The maximum Gasteiger partial charge on any atom is 0.467 e. The van der Waals surface area contributed by atoms with Gasteiger partial charge in [-0.2, -0.15) is 0 Å². The summed E-state index contributed by atoms with van der Waals surface area (Å²) < 4.78 is 26.3. The maximum absolute atomic E-state index is 9.57. The molecule has 2 rings (SSSR count). The Balaban J connectivity index is 0.000000240. The van der Waals surface area contributed by atoms with Crippen LogP contribution < -0.4 is 9.46 Å². The molecule has 6 nitrogen and oxygen atoms in total. The van der Waals surface area contributed by atoms with Crippen molar-refractivity contribution in [3.8, 4) is 5.75 Å². The van der Waals surface area contributed by atoms with Gasteiger partial charge in [0.15, 0.2) is 0 Å². The lowest BCUT2D eigenvalue weighted by Crippen LogP contribution is -2.31. The normalized spacial score (nSPS) is 11.4. The molecule has 0 saturated heterocycles. The summed E-state index contributed by atoms with van der Waals surface area (Å²) in [6, 6.07) is 14.4. The highest BCUT2D eigenvalue weighted by Crippen LogP contribution is 2.20. The Morgan fingerprint density at radius 1 is 1.24 bits per heavy atom. The number of rotatable bonds is 5. The zero-order valence-electron chi connectivity index (χ0n) is 11.6. The third-order valence-electron chi connectivity index (χ3n) is 2.42. The first kappa shape index (κ1) is 17.6. The van der Waals surface area contributed by atoms with E-state index in [9.17, 15) is 8.76 Å². The minimum atomic E-state index is -2.41. The average molecular weight is 310 g/mol. The van der Waals surface area contributed by atoms with Crippen LogP contribution in [0.2, 0.25) is 0 Å². The quantitative estimate of drug-likeness (QED) is 0.555. The summed E-state index contributed by atoms with van der Waals surface area (Å²) in [5, 5.41) is 18.5. The number of ether oxygens (including phenoxy) is 1. The standard InChI is InChI=1S/C12H12O.CH6BNO4S/c1-2-13-12-8-7-10-5-3-4-6-11(10)9-12;4-2(5)1-3-8(6)7/h3-9H,2H2,1H3;3-5H,1H2,(H,6,7)/p-1. The van der Waals surface area contributed by atoms with Crippen molar-refractivity contribution in [2.45, 2.75) is 6.92 Å². The molecule has 0 fully saturated rings. The molecule has 0 aliphatic rings. The highest BCUT2D eigenvalue weighted by molar-refractivity contribution is 7.77. The zero-order chi connectivity index (χ0) is 15.7. The second-order valence-corrected chi connectivity index (χ2v) is 4.76. The maximum atomic E-state index is 9.57. The lowest BCUT2D eigenvalue weighted by molar-refractivity contribution is 0.341. The van der Waals surface area contributed by atoms with Gasteiger partial charge in [0.25, 0.3) is 0 Å². The summed E-state index contributed by atoms with van der Waals surface area (Å²) >= 11 is -2.41. The molecule has 3 N–H and O–H groups in total. The van der Waals surface area contributed by atoms with Crippen LogP contribution in [0, 0.1) is 0 Å². The molecule has 0 aromatic heterocycles. The van der Waals surface area contributed by atoms with E-state index in [1.54, 1.807) is 4.72 Å². The molecule has 0 amide bonds. The second-order valence-electron chi connectivity index (χ2n) is 4.01. The van der Waals surface area contributed by atoms with Crippen molar-refractivity contribution in [1.29, 1.82) is 0 Å². The van der Waals surface area contributed by atoms with Gasteiger partial charge in [0, 0.05) is 17.7 Å². The van der Waals surface area contributed by atoms with E-state index in [-0.39, 0.29) is 6.44 Å². The molecule has 0 aliphatic heterocycles. The third kappa shape index (κ3) is 7.21. The SMILES string of the molecule is CCOc1ccc2ccccc2c1.O=S([O-])NCB(O)O. The van der Waals surface area contributed by atoms with Crippen LogP contribution in [-0.2, 0) is 11.3 Å². The molecule has 1 unspecified atom stereocenters. The molecule has 1 atom stereocenters. The van der Waals surface area contributed by atoms with Crippen LogP contribution in [0.4, 0.5) is 0 Å². The van der Waals surface area contributed by atoms with Gasteiger partial charge in [-0.05, 0) is 29.8 Å². The molecule has 0 saturated carbocycles. The first-order valence-corrected chi connectivity index (χ1v) is 7.41. The van der Waals surface area contributed by atoms with Crippen molar-refractivity contribution in [3.05, 3.63) is 42.5 Å². The molecule has 0 radical (unpaired) electrons. The number of nitrogens with one attached hydrogen (secondary N) is 1. The molecule has 0 heterocycles. The number of hydrogen-bond acceptors (Lipinski definition) is 5. The van der Waals surface area contributed by atoms with Crippen LogP contribution >= 0.6 is 0 Å². The van der Waals surface area contributed by atoms with Crippen LogP contribution in [0.1, 0.15) is 6.92 Å². The van der Waals surface area contributed by atoms with Crippen LogP contribution in [-0.4, -0.2) is 39.0 Å². The average Bonchev–Trinajstić information content (AvgIpc) is 2.46. The predicted octanol–water partition coefficient (Wildman–Crippen LogP) is 0.621. The molecule has 114 valence electrons. The highest BCUT2D eigenvalue weighted by atomic mass is 32.2. The minimum Gasteiger partial charge on any atom is -0.760 e. The minimum absolute atomic E-state index is 0.365. The van der Waals surface area contributed by atoms with Crippen molar-refractivity contribution in [2.75, 3.05) is 13.1 Å². The van der Waals surface area contributed by atoms with Gasteiger partial charge in [-0.15, -0.1) is 0 Å². The largest absolute Gasteiger partial charge is 0.760 e. The van der Waals surface area contributed by atoms with Crippen LogP contribution in [0.25, 0.3) is 10.8 Å². The Kier molecular flexibility index (Phi) is 7.95. The Hall–Kier alpha value is -1.45. The summed E-state index contributed by atoms with van der Waals surface area (Å²) in [4.78, 5) is 0. The number of fused-ring (bicyclic) bond motifs is 1. The van der Waals surface area contributed by atoms with Gasteiger partial charge in [-0.1, -0.05) is 30.3 Å². The molecule has 0 bridgehead atoms. The van der Waals surface area contributed by atoms with Gasteiger partial charge in [-0.3, -0.25) is 8.93 Å². The monoisotopic (exact) mass is 310 g/mol. The third-order valence-corrected chi connectivity index (χ3v) is 2.82. The molecule has 2 aromatic rings. The van der Waals surface area contributed by atoms with Crippen molar-refractivity contribution >= 4 is 29.2 Å². The Labute approximate surface area is 126 Å². The fourth-order valence-electron chi connectivity index (χ4n) is 1.57. The first-order chi connectivity index (χ1) is 10.0. The Morgan fingerprint density at radius 2 is 1.90 bits per heavy atom. The van der Waals surface area contributed by atoms with E-state index in [0.29, 0.717) is 0 Å². The summed E-state index contributed by atoms with van der Waals surface area (Å²) in [6.07, 6.45) is -0.365. The zero-order valence-corrected chi connectivity index (χ0v) is 12.4. The lowest BCUT2D eigenvalue weighted by atomic mass is 9.94. The highest BCUT2D eigenvalue weighted by Gasteiger charge is 2.03. The van der Waals surface area contributed by atoms with E-state index >= 15 is 0 Å². The topological polar surface area (TPSA) is 102 Å². The first-order valence-electron chi connectivity index (χ1n) is 6.33. The predicted molar refractivity (Wildman–Crippen MR) is 82.2 cm³/mol. The van der Waals surface area contributed by atoms with E-state index in [0.717, 1.165) is 12.4 Å². The molecule has 0 spiro atoms. The van der Waals surface area contributed by atoms with Crippen LogP contribution in [0.15, 0.2) is 42.5 Å². The van der Waals surface area contributed by atoms with E-state index in [4.69, 9.17) is 14.8 Å². The summed E-state index contributed by atoms with van der Waals surface area (Å²) in [5.41, 5.74) is 0. The molecular formula is C13H17BNO5S-. The van der Waals surface area contributed by atoms with Gasteiger partial charge in [0.1, 0.15) is 5.75 Å². The second kappa shape index (κ2) is 9.48. The van der Waals surface area contributed by atoms with E-state index in [1.807, 2.05) is 25.1 Å². The van der Waals surface area contributed by atoms with Crippen molar-refractivity contribution in [1.82, 2.24) is 4.72 Å². The van der Waals surface area contributed by atoms with Crippen molar-refractivity contribution < 1.29 is 23.5 Å². The summed E-state index contributed by atoms with van der Waals surface area (Å²) in [7, 11) is -1.62. The van der Waals surface area contributed by atoms with Crippen molar-refractivity contribution in [2.24, 2.45) is 0 Å². The van der Waals surface area contributed by atoms with Crippen molar-refractivity contribution in [3.63, 3.8) is 0 Å². The summed E-state index contributed by atoms with van der Waals surface area (Å²) in [5.74, 6) is 0.946. The molecular weight excluding hydrogens is 293 g/mol. The van der Waals surface area contributed by atoms with E-state index in [1.165, 1.54) is 10.8 Å². The number of hydrogen-bond donors (Lipinski definition) is 3. The molecule has 21 heavy (non-hydrogen) atoms. The van der Waals surface area contributed by atoms with Gasteiger partial charge in [0.05, 0.1) is 6.61 Å². The smallest absolute Gasteiger partial charge is 0.467 e. The fourth-order valence-corrected chi connectivity index (χ4v) is 1.85. The molecule has 0 aliphatic carbocycles. The van der Waals surface area contributed by atoms with Gasteiger partial charge in [-0.25, -0.2) is 0 Å². The van der Waals surface area contributed by atoms with Crippen LogP contribution in [0.3, 0.4) is 0 Å². The molecule has 2 aromatic carbocycles. The van der Waals surface area contributed by atoms with E-state index in [2.05, 4.69) is 24.3 Å². The van der Waals surface area contributed by atoms with Crippen LogP contribution in [0.5, 0.6) is 5.75 Å². The van der Waals surface area contributed by atoms with Gasteiger partial charge >= 0.3 is 7.12 Å².